The van der Waals surface area contributed by atoms with Crippen LogP contribution in [0.2, 0.25) is 0 Å². The Morgan fingerprint density at radius 3 is 2.60 bits per heavy atom. The summed E-state index contributed by atoms with van der Waals surface area (Å²) in [4.78, 5) is 0. The van der Waals surface area contributed by atoms with Crippen LogP contribution in [0.3, 0.4) is 0 Å². The number of hydrogen-bond donors (Lipinski definition) is 0. The molecule has 0 unspecified atom stereocenters. The van der Waals surface area contributed by atoms with Crippen molar-refractivity contribution in [3.8, 4) is 0 Å². The molecule has 0 bridgehead atoms. The molecule has 0 aliphatic carbocycles. The number of pyridine rings is 1. The molecule has 0 aliphatic rings. The second-order valence-corrected chi connectivity index (χ2v) is 5.18. The minimum atomic E-state index is -4.08. The lowest BCUT2D eigenvalue weighted by atomic mass is 10.2. The van der Waals surface area contributed by atoms with Crippen LogP contribution in [0.5, 0.6) is 0 Å². The fraction of sp³-hybridized carbons (Fsp3) is 0.500. The molecule has 0 spiro atoms. The van der Waals surface area contributed by atoms with Crippen LogP contribution in [0, 0.1) is 13.8 Å². The molecule has 15 heavy (non-hydrogen) atoms. The van der Waals surface area contributed by atoms with Gasteiger partial charge in [0.1, 0.15) is 6.54 Å². The van der Waals surface area contributed by atoms with Crippen LogP contribution in [0.1, 0.15) is 17.7 Å². The Bertz CT molecular complexity index is 440. The molecular weight excluding hydrogens is 214 g/mol. The zero-order valence-electron chi connectivity index (χ0n) is 8.93. The van der Waals surface area contributed by atoms with Crippen molar-refractivity contribution in [1.29, 1.82) is 0 Å². The van der Waals surface area contributed by atoms with Gasteiger partial charge in [0.2, 0.25) is 0 Å². The molecule has 1 rings (SSSR count). The lowest BCUT2D eigenvalue weighted by Gasteiger charge is -2.05. The number of nitrogens with zero attached hydrogens (tertiary/aromatic N) is 1. The second-order valence-electron chi connectivity index (χ2n) is 3.65. The van der Waals surface area contributed by atoms with E-state index in [9.17, 15) is 13.0 Å². The number of rotatable bonds is 4. The number of aromatic nitrogens is 1. The first-order valence-electron chi connectivity index (χ1n) is 4.79. The van der Waals surface area contributed by atoms with Crippen molar-refractivity contribution in [3.05, 3.63) is 29.6 Å². The number of aryl methyl sites for hydroxylation is 3. The maximum Gasteiger partial charge on any atom is 0.178 e. The molecule has 0 aliphatic heterocycles. The highest BCUT2D eigenvalue weighted by molar-refractivity contribution is 7.85. The fourth-order valence-corrected chi connectivity index (χ4v) is 1.93. The standard InChI is InChI=1S/C10H15NO3S/c1-9-4-6-11(10(2)8-9)5-3-7-15(12,13)14/h4,6,8H,3,5,7H2,1-2H3. The largest absolute Gasteiger partial charge is 0.748 e. The summed E-state index contributed by atoms with van der Waals surface area (Å²) in [5.41, 5.74) is 2.23. The Morgan fingerprint density at radius 1 is 1.40 bits per heavy atom. The molecule has 0 atom stereocenters. The third-order valence-electron chi connectivity index (χ3n) is 2.20. The maximum absolute atomic E-state index is 10.4. The van der Waals surface area contributed by atoms with Gasteiger partial charge in [0.15, 0.2) is 11.9 Å². The molecule has 5 heteroatoms. The van der Waals surface area contributed by atoms with Crippen molar-refractivity contribution >= 4 is 10.1 Å². The van der Waals surface area contributed by atoms with E-state index in [1.807, 2.05) is 36.7 Å². The Morgan fingerprint density at radius 2 is 2.07 bits per heavy atom. The van der Waals surface area contributed by atoms with Crippen molar-refractivity contribution in [2.45, 2.75) is 26.8 Å². The molecule has 0 N–H and O–H groups in total. The van der Waals surface area contributed by atoms with Crippen LogP contribution in [-0.4, -0.2) is 18.7 Å². The molecule has 84 valence electrons. The average molecular weight is 229 g/mol. The lowest BCUT2D eigenvalue weighted by Crippen LogP contribution is -2.37. The highest BCUT2D eigenvalue weighted by atomic mass is 32.2. The first kappa shape index (κ1) is 12.1. The van der Waals surface area contributed by atoms with Gasteiger partial charge in [-0.05, 0) is 12.5 Å². The lowest BCUT2D eigenvalue weighted by molar-refractivity contribution is -0.702. The summed E-state index contributed by atoms with van der Waals surface area (Å²) >= 11 is 0. The molecule has 1 aromatic rings. The molecule has 0 saturated heterocycles. The predicted molar refractivity (Wildman–Crippen MR) is 55.3 cm³/mol. The second kappa shape index (κ2) is 4.72. The van der Waals surface area contributed by atoms with Crippen molar-refractivity contribution in [1.82, 2.24) is 0 Å². The summed E-state index contributed by atoms with van der Waals surface area (Å²) in [6.07, 6.45) is 2.27. The van der Waals surface area contributed by atoms with Crippen molar-refractivity contribution in [3.63, 3.8) is 0 Å². The number of hydrogen-bond acceptors (Lipinski definition) is 3. The molecule has 0 radical (unpaired) electrons. The summed E-state index contributed by atoms with van der Waals surface area (Å²) in [7, 11) is -4.08. The predicted octanol–water partition coefficient (Wildman–Crippen LogP) is 0.526. The molecule has 1 heterocycles. The van der Waals surface area contributed by atoms with E-state index in [4.69, 9.17) is 0 Å². The van der Waals surface area contributed by atoms with Gasteiger partial charge in [-0.25, -0.2) is 13.0 Å². The Labute approximate surface area is 90.3 Å². The third-order valence-corrected chi connectivity index (χ3v) is 2.99. The molecular formula is C10H15NO3S. The zero-order chi connectivity index (χ0) is 11.5. The quantitative estimate of drug-likeness (QED) is 0.559. The van der Waals surface area contributed by atoms with Crippen LogP contribution in [0.25, 0.3) is 0 Å². The van der Waals surface area contributed by atoms with E-state index in [0.29, 0.717) is 13.0 Å². The zero-order valence-corrected chi connectivity index (χ0v) is 9.75. The van der Waals surface area contributed by atoms with E-state index >= 15 is 0 Å². The van der Waals surface area contributed by atoms with E-state index in [0.717, 1.165) is 5.69 Å². The first-order valence-corrected chi connectivity index (χ1v) is 6.36. The summed E-state index contributed by atoms with van der Waals surface area (Å²) in [6.45, 7) is 4.52. The van der Waals surface area contributed by atoms with Gasteiger partial charge in [0.25, 0.3) is 0 Å². The monoisotopic (exact) mass is 229 g/mol. The van der Waals surface area contributed by atoms with Crippen molar-refractivity contribution < 1.29 is 17.5 Å². The van der Waals surface area contributed by atoms with Crippen LogP contribution >= 0.6 is 0 Å². The Balaban J connectivity index is 2.59. The van der Waals surface area contributed by atoms with E-state index in [1.54, 1.807) is 0 Å². The van der Waals surface area contributed by atoms with E-state index in [-0.39, 0.29) is 5.75 Å². The Kier molecular flexibility index (Phi) is 3.82. The van der Waals surface area contributed by atoms with E-state index < -0.39 is 10.1 Å². The SMILES string of the molecule is Cc1cc[n+](CCCS(=O)(=O)[O-])c(C)c1. The van der Waals surface area contributed by atoms with Crippen LogP contribution in [-0.2, 0) is 16.7 Å². The minimum absolute atomic E-state index is 0.298. The molecule has 0 amide bonds. The van der Waals surface area contributed by atoms with Crippen molar-refractivity contribution in [2.24, 2.45) is 0 Å². The van der Waals surface area contributed by atoms with E-state index in [1.165, 1.54) is 5.56 Å². The van der Waals surface area contributed by atoms with Gasteiger partial charge < -0.3 is 4.55 Å². The van der Waals surface area contributed by atoms with Crippen LogP contribution in [0.4, 0.5) is 0 Å². The molecule has 0 saturated carbocycles. The summed E-state index contributed by atoms with van der Waals surface area (Å²) < 4.78 is 33.1. The normalized spacial score (nSPS) is 11.7. The van der Waals surface area contributed by atoms with Gasteiger partial charge in [0, 0.05) is 31.2 Å². The average Bonchev–Trinajstić information content (AvgIpc) is 2.07. The Hall–Kier alpha value is -0.940. The smallest absolute Gasteiger partial charge is 0.178 e. The molecule has 4 nitrogen and oxygen atoms in total. The van der Waals surface area contributed by atoms with E-state index in [2.05, 4.69) is 0 Å². The van der Waals surface area contributed by atoms with Gasteiger partial charge in [0.05, 0.1) is 10.1 Å². The van der Waals surface area contributed by atoms with Gasteiger partial charge in [-0.3, -0.25) is 0 Å². The summed E-state index contributed by atoms with van der Waals surface area (Å²) in [5.74, 6) is -0.298. The first-order chi connectivity index (χ1) is 6.88. The summed E-state index contributed by atoms with van der Waals surface area (Å²) in [5, 5.41) is 0. The summed E-state index contributed by atoms with van der Waals surface area (Å²) in [6, 6.07) is 3.98. The minimum Gasteiger partial charge on any atom is -0.748 e. The highest BCUT2D eigenvalue weighted by Gasteiger charge is 2.06. The van der Waals surface area contributed by atoms with Crippen LogP contribution in [0.15, 0.2) is 18.3 Å². The molecule has 0 aromatic carbocycles. The maximum atomic E-state index is 10.4. The van der Waals surface area contributed by atoms with Crippen LogP contribution < -0.4 is 4.57 Å². The van der Waals surface area contributed by atoms with Gasteiger partial charge in [-0.15, -0.1) is 0 Å². The highest BCUT2D eigenvalue weighted by Crippen LogP contribution is 1.97. The topological polar surface area (TPSA) is 61.1 Å². The fourth-order valence-electron chi connectivity index (χ4n) is 1.45. The third kappa shape index (κ3) is 4.40. The molecule has 1 aromatic heterocycles. The van der Waals surface area contributed by atoms with Crippen molar-refractivity contribution in [2.75, 3.05) is 5.75 Å². The van der Waals surface area contributed by atoms with Gasteiger partial charge in [-0.2, -0.15) is 0 Å². The van der Waals surface area contributed by atoms with Gasteiger partial charge in [-0.1, -0.05) is 0 Å². The van der Waals surface area contributed by atoms with Gasteiger partial charge >= 0.3 is 0 Å². The molecule has 0 fully saturated rings.